The first-order valence-corrected chi connectivity index (χ1v) is 11.6. The van der Waals surface area contributed by atoms with Gasteiger partial charge >= 0.3 is 0 Å². The molecule has 3 aliphatic rings. The molecule has 2 fully saturated rings. The summed E-state index contributed by atoms with van der Waals surface area (Å²) < 4.78 is 17.0. The van der Waals surface area contributed by atoms with Crippen molar-refractivity contribution in [2.24, 2.45) is 5.92 Å². The number of nitrogens with zero attached hydrogens (tertiary/aromatic N) is 2. The van der Waals surface area contributed by atoms with Gasteiger partial charge in [0, 0.05) is 49.5 Å². The van der Waals surface area contributed by atoms with Gasteiger partial charge < -0.3 is 19.2 Å². The largest absolute Gasteiger partial charge is 0.489 e. The van der Waals surface area contributed by atoms with E-state index in [4.69, 9.17) is 14.2 Å². The number of hydrogen-bond acceptors (Lipinski definition) is 5. The van der Waals surface area contributed by atoms with Crippen molar-refractivity contribution in [3.05, 3.63) is 65.2 Å². The summed E-state index contributed by atoms with van der Waals surface area (Å²) in [7, 11) is 0. The molecule has 168 valence electrons. The van der Waals surface area contributed by atoms with Crippen molar-refractivity contribution in [3.63, 3.8) is 0 Å². The van der Waals surface area contributed by atoms with E-state index in [1.165, 1.54) is 0 Å². The Kier molecular flexibility index (Phi) is 6.58. The third-order valence-corrected chi connectivity index (χ3v) is 6.32. The van der Waals surface area contributed by atoms with Crippen LogP contribution in [0.2, 0.25) is 0 Å². The zero-order chi connectivity index (χ0) is 22.5. The number of aromatic amines is 1. The Morgan fingerprint density at radius 2 is 1.88 bits per heavy atom. The highest BCUT2D eigenvalue weighted by atomic mass is 16.5. The second-order valence-electron chi connectivity index (χ2n) is 8.56. The van der Waals surface area contributed by atoms with Crippen molar-refractivity contribution in [1.82, 2.24) is 9.97 Å². The van der Waals surface area contributed by atoms with Gasteiger partial charge in [0.05, 0.1) is 24.5 Å². The predicted molar refractivity (Wildman–Crippen MR) is 125 cm³/mol. The normalized spacial score (nSPS) is 22.0. The smallest absolute Gasteiger partial charge is 0.138 e. The highest BCUT2D eigenvalue weighted by Gasteiger charge is 2.21. The molecule has 1 unspecified atom stereocenters. The van der Waals surface area contributed by atoms with E-state index < -0.39 is 0 Å². The summed E-state index contributed by atoms with van der Waals surface area (Å²) in [6.07, 6.45) is 13.5. The number of nitriles is 1. The summed E-state index contributed by atoms with van der Waals surface area (Å²) in [5.74, 6) is 7.61. The minimum Gasteiger partial charge on any atom is -0.489 e. The van der Waals surface area contributed by atoms with Crippen LogP contribution < -0.4 is 0 Å². The third kappa shape index (κ3) is 5.03. The summed E-state index contributed by atoms with van der Waals surface area (Å²) >= 11 is 0. The molecule has 1 atom stereocenters. The van der Waals surface area contributed by atoms with Gasteiger partial charge in [0.2, 0.25) is 0 Å². The molecule has 2 aromatic heterocycles. The van der Waals surface area contributed by atoms with Crippen LogP contribution in [0.4, 0.5) is 0 Å². The number of allylic oxidation sites excluding steroid dienone is 5. The van der Waals surface area contributed by atoms with Gasteiger partial charge in [-0.25, -0.2) is 4.98 Å². The highest BCUT2D eigenvalue weighted by Crippen LogP contribution is 2.32. The van der Waals surface area contributed by atoms with Crippen LogP contribution in [0.1, 0.15) is 42.9 Å². The number of ether oxygens (including phenoxy) is 3. The van der Waals surface area contributed by atoms with Gasteiger partial charge in [-0.1, -0.05) is 24.1 Å². The van der Waals surface area contributed by atoms with Gasteiger partial charge in [-0.2, -0.15) is 5.26 Å². The second-order valence-corrected chi connectivity index (χ2v) is 8.56. The van der Waals surface area contributed by atoms with Gasteiger partial charge in [-0.3, -0.25) is 0 Å². The standard InChI is InChI=1S/C27H27N3O3/c28-18-21-16-20(2-1-3-26(21)33-23-9-14-32-15-10-23)24-6-11-29-27-25(24)17-22(30-27)5-4-19-7-12-31-13-8-19/h1-3,6,11,16-17,19-20,23H,7-10,12-15H2,(H,29,30). The highest BCUT2D eigenvalue weighted by molar-refractivity contribution is 5.82. The van der Waals surface area contributed by atoms with E-state index in [9.17, 15) is 5.26 Å². The van der Waals surface area contributed by atoms with Gasteiger partial charge in [-0.15, -0.1) is 0 Å². The maximum Gasteiger partial charge on any atom is 0.138 e. The number of nitrogens with one attached hydrogen (secondary N) is 1. The predicted octanol–water partition coefficient (Wildman–Crippen LogP) is 4.52. The fourth-order valence-corrected chi connectivity index (χ4v) is 4.46. The fourth-order valence-electron chi connectivity index (χ4n) is 4.46. The molecule has 33 heavy (non-hydrogen) atoms. The van der Waals surface area contributed by atoms with Gasteiger partial charge in [0.1, 0.15) is 23.6 Å². The molecule has 2 aromatic rings. The lowest BCUT2D eigenvalue weighted by Gasteiger charge is -2.24. The summed E-state index contributed by atoms with van der Waals surface area (Å²) in [5, 5.41) is 10.9. The molecule has 6 heteroatoms. The quantitative estimate of drug-likeness (QED) is 0.708. The molecule has 0 radical (unpaired) electrons. The molecule has 0 bridgehead atoms. The van der Waals surface area contributed by atoms with E-state index in [-0.39, 0.29) is 12.0 Å². The van der Waals surface area contributed by atoms with Crippen LogP contribution in [-0.2, 0) is 14.2 Å². The number of H-pyrrole nitrogens is 1. The topological polar surface area (TPSA) is 80.2 Å². The molecule has 0 amide bonds. The molecule has 6 nitrogen and oxygen atoms in total. The SMILES string of the molecule is N#CC1=CC(c2ccnc3[nH]c(C#CC4CCOCC4)cc23)C=CC=C1OC1CCOCC1. The van der Waals surface area contributed by atoms with E-state index in [2.05, 4.69) is 40.0 Å². The van der Waals surface area contributed by atoms with E-state index >= 15 is 0 Å². The van der Waals surface area contributed by atoms with Crippen LogP contribution in [0.5, 0.6) is 0 Å². The molecule has 0 saturated carbocycles. The number of hydrogen-bond donors (Lipinski definition) is 1. The van der Waals surface area contributed by atoms with E-state index in [1.807, 2.05) is 24.3 Å². The fraction of sp³-hybridized carbons (Fsp3) is 0.407. The maximum absolute atomic E-state index is 9.85. The molecule has 5 rings (SSSR count). The Morgan fingerprint density at radius 1 is 1.09 bits per heavy atom. The molecule has 0 aromatic carbocycles. The lowest BCUT2D eigenvalue weighted by molar-refractivity contribution is -0.00133. The Balaban J connectivity index is 1.40. The third-order valence-electron chi connectivity index (χ3n) is 6.32. The van der Waals surface area contributed by atoms with Crippen LogP contribution >= 0.6 is 0 Å². The summed E-state index contributed by atoms with van der Waals surface area (Å²) in [5.41, 5.74) is 3.30. The van der Waals surface area contributed by atoms with E-state index in [0.29, 0.717) is 30.5 Å². The molecule has 2 saturated heterocycles. The van der Waals surface area contributed by atoms with Crippen molar-refractivity contribution >= 4 is 11.0 Å². The first kappa shape index (κ1) is 21.5. The van der Waals surface area contributed by atoms with Crippen molar-refractivity contribution in [3.8, 4) is 17.9 Å². The monoisotopic (exact) mass is 441 g/mol. The van der Waals surface area contributed by atoms with E-state index in [0.717, 1.165) is 61.2 Å². The molecule has 1 N–H and O–H groups in total. The zero-order valence-corrected chi connectivity index (χ0v) is 18.5. The first-order chi connectivity index (χ1) is 16.3. The minimum atomic E-state index is -0.0655. The van der Waals surface area contributed by atoms with Crippen LogP contribution in [0.15, 0.2) is 54.0 Å². The van der Waals surface area contributed by atoms with Crippen LogP contribution in [0, 0.1) is 29.1 Å². The number of fused-ring (bicyclic) bond motifs is 1. The summed E-state index contributed by atoms with van der Waals surface area (Å²) in [4.78, 5) is 7.85. The molecule has 0 spiro atoms. The van der Waals surface area contributed by atoms with Crippen LogP contribution in [0.25, 0.3) is 11.0 Å². The minimum absolute atomic E-state index is 0.0655. The number of aromatic nitrogens is 2. The Morgan fingerprint density at radius 3 is 2.67 bits per heavy atom. The summed E-state index contributed by atoms with van der Waals surface area (Å²) in [6.45, 7) is 2.97. The van der Waals surface area contributed by atoms with Crippen molar-refractivity contribution in [1.29, 1.82) is 5.26 Å². The maximum atomic E-state index is 9.85. The van der Waals surface area contributed by atoms with Crippen LogP contribution in [-0.4, -0.2) is 42.5 Å². The second kappa shape index (κ2) is 10.1. The lowest BCUT2D eigenvalue weighted by Crippen LogP contribution is -2.23. The average Bonchev–Trinajstić information content (AvgIpc) is 3.18. The number of rotatable bonds is 3. The molecule has 4 heterocycles. The molecular weight excluding hydrogens is 414 g/mol. The van der Waals surface area contributed by atoms with Gasteiger partial charge in [-0.05, 0) is 42.5 Å². The Hall–Kier alpha value is -3.32. The Bertz CT molecular complexity index is 1190. The lowest BCUT2D eigenvalue weighted by atomic mass is 9.95. The van der Waals surface area contributed by atoms with Crippen molar-refractivity contribution in [2.75, 3.05) is 26.4 Å². The van der Waals surface area contributed by atoms with Crippen molar-refractivity contribution in [2.45, 2.75) is 37.7 Å². The molecular formula is C27H27N3O3. The molecule has 1 aliphatic carbocycles. The first-order valence-electron chi connectivity index (χ1n) is 11.6. The average molecular weight is 442 g/mol. The zero-order valence-electron chi connectivity index (χ0n) is 18.5. The van der Waals surface area contributed by atoms with Gasteiger partial charge in [0.15, 0.2) is 0 Å². The van der Waals surface area contributed by atoms with Crippen LogP contribution in [0.3, 0.4) is 0 Å². The number of pyridine rings is 1. The van der Waals surface area contributed by atoms with Crippen molar-refractivity contribution < 1.29 is 14.2 Å². The Labute approximate surface area is 193 Å². The molecule has 2 aliphatic heterocycles. The van der Waals surface area contributed by atoms with Gasteiger partial charge in [0.25, 0.3) is 0 Å². The summed E-state index contributed by atoms with van der Waals surface area (Å²) in [6, 6.07) is 6.41. The van der Waals surface area contributed by atoms with E-state index in [1.54, 1.807) is 6.20 Å².